The van der Waals surface area contributed by atoms with E-state index >= 15 is 0 Å². The summed E-state index contributed by atoms with van der Waals surface area (Å²) < 4.78 is 7.10. The largest absolute Gasteiger partial charge is 0.480 e. The monoisotopic (exact) mass is 241 g/mol. The van der Waals surface area contributed by atoms with Crippen molar-refractivity contribution in [3.05, 3.63) is 48.7 Å². The van der Waals surface area contributed by atoms with Crippen LogP contribution in [0.1, 0.15) is 0 Å². The van der Waals surface area contributed by atoms with Crippen molar-refractivity contribution in [2.75, 3.05) is 0 Å². The average molecular weight is 241 g/mol. The third kappa shape index (κ3) is 1.68. The Morgan fingerprint density at radius 3 is 2.78 bits per heavy atom. The van der Waals surface area contributed by atoms with Crippen molar-refractivity contribution in [2.45, 2.75) is 6.54 Å². The first-order valence-electron chi connectivity index (χ1n) is 5.59. The highest BCUT2D eigenvalue weighted by atomic mass is 16.4. The van der Waals surface area contributed by atoms with Crippen molar-refractivity contribution in [3.63, 3.8) is 0 Å². The van der Waals surface area contributed by atoms with Crippen LogP contribution in [0.15, 0.2) is 53.1 Å². The molecule has 0 spiro atoms. The van der Waals surface area contributed by atoms with Crippen molar-refractivity contribution in [1.82, 2.24) is 4.57 Å². The number of aliphatic carboxylic acids is 1. The fraction of sp³-hybridized carbons (Fsp3) is 0.0714. The standard InChI is InChI=1S/C14H11NO3/c16-14(17)9-15-11-5-2-1-4-10(11)8-12(15)13-6-3-7-18-13/h1-8H,9H2,(H,16,17). The van der Waals surface area contributed by atoms with Gasteiger partial charge in [0, 0.05) is 10.9 Å². The van der Waals surface area contributed by atoms with Gasteiger partial charge in [0.05, 0.1) is 12.0 Å². The summed E-state index contributed by atoms with van der Waals surface area (Å²) >= 11 is 0. The summed E-state index contributed by atoms with van der Waals surface area (Å²) in [5.41, 5.74) is 1.68. The van der Waals surface area contributed by atoms with Crippen LogP contribution in [0.3, 0.4) is 0 Å². The van der Waals surface area contributed by atoms with Crippen LogP contribution < -0.4 is 0 Å². The van der Waals surface area contributed by atoms with Gasteiger partial charge in [-0.2, -0.15) is 0 Å². The average Bonchev–Trinajstić information content (AvgIpc) is 2.96. The zero-order valence-corrected chi connectivity index (χ0v) is 9.54. The van der Waals surface area contributed by atoms with Crippen molar-refractivity contribution < 1.29 is 14.3 Å². The summed E-state index contributed by atoms with van der Waals surface area (Å²) in [4.78, 5) is 11.0. The third-order valence-electron chi connectivity index (χ3n) is 2.88. The molecule has 0 unspecified atom stereocenters. The van der Waals surface area contributed by atoms with Crippen LogP contribution in [-0.2, 0) is 11.3 Å². The Morgan fingerprint density at radius 2 is 2.06 bits per heavy atom. The van der Waals surface area contributed by atoms with Gasteiger partial charge in [0.15, 0.2) is 0 Å². The molecule has 0 saturated heterocycles. The first-order valence-corrected chi connectivity index (χ1v) is 5.59. The molecule has 0 aliphatic carbocycles. The minimum absolute atomic E-state index is 0.0798. The van der Waals surface area contributed by atoms with Crippen LogP contribution >= 0.6 is 0 Å². The second kappa shape index (κ2) is 4.07. The van der Waals surface area contributed by atoms with E-state index in [1.807, 2.05) is 36.4 Å². The molecule has 0 atom stereocenters. The molecule has 1 N–H and O–H groups in total. The lowest BCUT2D eigenvalue weighted by Crippen LogP contribution is -2.09. The van der Waals surface area contributed by atoms with Gasteiger partial charge in [-0.25, -0.2) is 0 Å². The molecular formula is C14H11NO3. The predicted octanol–water partition coefficient (Wildman–Crippen LogP) is 2.99. The molecule has 18 heavy (non-hydrogen) atoms. The van der Waals surface area contributed by atoms with Gasteiger partial charge in [-0.15, -0.1) is 0 Å². The molecule has 3 aromatic rings. The number of benzene rings is 1. The topological polar surface area (TPSA) is 55.4 Å². The lowest BCUT2D eigenvalue weighted by Gasteiger charge is -2.05. The molecule has 0 radical (unpaired) electrons. The molecule has 1 aromatic carbocycles. The first kappa shape index (κ1) is 10.7. The molecule has 2 heterocycles. The van der Waals surface area contributed by atoms with E-state index in [9.17, 15) is 4.79 Å². The van der Waals surface area contributed by atoms with Gasteiger partial charge in [-0.05, 0) is 24.3 Å². The molecule has 4 nitrogen and oxygen atoms in total. The Morgan fingerprint density at radius 1 is 1.22 bits per heavy atom. The van der Waals surface area contributed by atoms with E-state index in [0.29, 0.717) is 5.76 Å². The fourth-order valence-corrected chi connectivity index (χ4v) is 2.14. The lowest BCUT2D eigenvalue weighted by molar-refractivity contribution is -0.137. The second-order valence-corrected chi connectivity index (χ2v) is 4.05. The Kier molecular flexibility index (Phi) is 2.41. The highest BCUT2D eigenvalue weighted by molar-refractivity contribution is 5.87. The fourth-order valence-electron chi connectivity index (χ4n) is 2.14. The Hall–Kier alpha value is -2.49. The number of aromatic nitrogens is 1. The number of fused-ring (bicyclic) bond motifs is 1. The summed E-state index contributed by atoms with van der Waals surface area (Å²) in [6, 6.07) is 13.2. The second-order valence-electron chi connectivity index (χ2n) is 4.05. The molecule has 0 fully saturated rings. The summed E-state index contributed by atoms with van der Waals surface area (Å²) in [6.45, 7) is -0.0798. The molecule has 0 amide bonds. The number of carbonyl (C=O) groups is 1. The highest BCUT2D eigenvalue weighted by Gasteiger charge is 2.14. The van der Waals surface area contributed by atoms with Crippen LogP contribution in [0.4, 0.5) is 0 Å². The first-order chi connectivity index (χ1) is 8.75. The quantitative estimate of drug-likeness (QED) is 0.766. The van der Waals surface area contributed by atoms with Gasteiger partial charge in [0.25, 0.3) is 0 Å². The van der Waals surface area contributed by atoms with Gasteiger partial charge in [0.1, 0.15) is 12.3 Å². The number of rotatable bonds is 3. The zero-order valence-electron chi connectivity index (χ0n) is 9.54. The molecule has 2 aromatic heterocycles. The van der Waals surface area contributed by atoms with Crippen molar-refractivity contribution in [3.8, 4) is 11.5 Å². The van der Waals surface area contributed by atoms with Gasteiger partial charge in [0.2, 0.25) is 0 Å². The van der Waals surface area contributed by atoms with Crippen molar-refractivity contribution in [2.24, 2.45) is 0 Å². The molecule has 3 rings (SSSR count). The number of para-hydroxylation sites is 1. The van der Waals surface area contributed by atoms with E-state index < -0.39 is 5.97 Å². The lowest BCUT2D eigenvalue weighted by atomic mass is 10.2. The van der Waals surface area contributed by atoms with Gasteiger partial charge >= 0.3 is 5.97 Å². The molecule has 4 heteroatoms. The minimum atomic E-state index is -0.871. The number of hydrogen-bond acceptors (Lipinski definition) is 2. The zero-order chi connectivity index (χ0) is 12.5. The van der Waals surface area contributed by atoms with Gasteiger partial charge in [-0.3, -0.25) is 4.79 Å². The van der Waals surface area contributed by atoms with Gasteiger partial charge < -0.3 is 14.1 Å². The molecule has 90 valence electrons. The molecule has 0 aliphatic rings. The van der Waals surface area contributed by atoms with Crippen LogP contribution in [0.5, 0.6) is 0 Å². The van der Waals surface area contributed by atoms with E-state index in [0.717, 1.165) is 16.6 Å². The Bertz CT molecular complexity index is 695. The van der Waals surface area contributed by atoms with Crippen LogP contribution in [0, 0.1) is 0 Å². The van der Waals surface area contributed by atoms with E-state index in [-0.39, 0.29) is 6.54 Å². The molecular weight excluding hydrogens is 230 g/mol. The molecule has 0 saturated carbocycles. The molecule has 0 aliphatic heterocycles. The number of nitrogens with zero attached hydrogens (tertiary/aromatic N) is 1. The van der Waals surface area contributed by atoms with Gasteiger partial charge in [-0.1, -0.05) is 18.2 Å². The molecule has 0 bridgehead atoms. The van der Waals surface area contributed by atoms with Crippen LogP contribution in [0.2, 0.25) is 0 Å². The Labute approximate surface area is 103 Å². The number of carboxylic acid groups (broad SMARTS) is 1. The van der Waals surface area contributed by atoms with E-state index in [4.69, 9.17) is 9.52 Å². The maximum Gasteiger partial charge on any atom is 0.323 e. The highest BCUT2D eigenvalue weighted by Crippen LogP contribution is 2.28. The Balaban J connectivity index is 2.26. The minimum Gasteiger partial charge on any atom is -0.480 e. The van der Waals surface area contributed by atoms with Crippen LogP contribution in [-0.4, -0.2) is 15.6 Å². The predicted molar refractivity (Wildman–Crippen MR) is 67.3 cm³/mol. The maximum absolute atomic E-state index is 11.0. The van der Waals surface area contributed by atoms with E-state index in [1.54, 1.807) is 16.9 Å². The third-order valence-corrected chi connectivity index (χ3v) is 2.88. The smallest absolute Gasteiger partial charge is 0.323 e. The summed E-state index contributed by atoms with van der Waals surface area (Å²) in [5, 5.41) is 10.0. The summed E-state index contributed by atoms with van der Waals surface area (Å²) in [5.74, 6) is -0.198. The SMILES string of the molecule is O=C(O)Cn1c(-c2ccco2)cc2ccccc21. The van der Waals surface area contributed by atoms with Crippen LogP contribution in [0.25, 0.3) is 22.4 Å². The maximum atomic E-state index is 11.0. The number of carboxylic acids is 1. The van der Waals surface area contributed by atoms with E-state index in [1.165, 1.54) is 0 Å². The van der Waals surface area contributed by atoms with Crippen molar-refractivity contribution in [1.29, 1.82) is 0 Å². The summed E-state index contributed by atoms with van der Waals surface area (Å²) in [7, 11) is 0. The summed E-state index contributed by atoms with van der Waals surface area (Å²) in [6.07, 6.45) is 1.58. The van der Waals surface area contributed by atoms with E-state index in [2.05, 4.69) is 0 Å². The normalized spacial score (nSPS) is 10.9. The number of furan rings is 1. The number of hydrogen-bond donors (Lipinski definition) is 1. The van der Waals surface area contributed by atoms with Crippen molar-refractivity contribution >= 4 is 16.9 Å².